The Kier molecular flexibility index (Phi) is 3.55. The molecule has 2 nitrogen and oxygen atoms in total. The van der Waals surface area contributed by atoms with Crippen molar-refractivity contribution in [3.63, 3.8) is 0 Å². The van der Waals surface area contributed by atoms with E-state index in [1.807, 2.05) is 0 Å². The largest absolute Gasteiger partial charge is 0.396 e. The van der Waals surface area contributed by atoms with Crippen molar-refractivity contribution >= 4 is 0 Å². The highest BCUT2D eigenvalue weighted by atomic mass is 16.3. The van der Waals surface area contributed by atoms with Crippen LogP contribution >= 0.6 is 0 Å². The predicted molar refractivity (Wildman–Crippen MR) is 54.9 cm³/mol. The summed E-state index contributed by atoms with van der Waals surface area (Å²) in [5.41, 5.74) is 2.58. The fourth-order valence-electron chi connectivity index (χ4n) is 1.92. The monoisotopic (exact) mass is 181 g/mol. The Balaban J connectivity index is 2.89. The quantitative estimate of drug-likeness (QED) is 0.758. The Morgan fingerprint density at radius 3 is 2.23 bits per heavy atom. The topological polar surface area (TPSA) is 25.2 Å². The molecule has 0 aliphatic heterocycles. The summed E-state index contributed by atoms with van der Waals surface area (Å²) in [4.78, 5) is 0. The van der Waals surface area contributed by atoms with Gasteiger partial charge in [0.25, 0.3) is 0 Å². The minimum atomic E-state index is 0.273. The molecule has 0 amide bonds. The molecule has 1 N–H and O–H groups in total. The van der Waals surface area contributed by atoms with Crippen molar-refractivity contribution < 1.29 is 5.11 Å². The lowest BCUT2D eigenvalue weighted by molar-refractivity contribution is 0.253. The average Bonchev–Trinajstić information content (AvgIpc) is 2.43. The first-order valence-electron chi connectivity index (χ1n) is 4.96. The fourth-order valence-corrected chi connectivity index (χ4v) is 1.92. The van der Waals surface area contributed by atoms with E-state index in [4.69, 9.17) is 5.11 Å². The summed E-state index contributed by atoms with van der Waals surface area (Å²) < 4.78 is 2.32. The summed E-state index contributed by atoms with van der Waals surface area (Å²) in [6.07, 6.45) is 1.93. The molecule has 2 heteroatoms. The molecule has 0 saturated heterocycles. The van der Waals surface area contributed by atoms with Crippen LogP contribution in [0, 0.1) is 13.8 Å². The number of aliphatic hydroxyl groups excluding tert-OH is 1. The molecule has 0 aliphatic carbocycles. The molecular formula is C11H19NO. The standard InChI is InChI=1S/C11H19NO/c1-4-11(7-8-13)12-9(2)5-6-10(12)3/h5-6,11,13H,4,7-8H2,1-3H3. The van der Waals surface area contributed by atoms with Gasteiger partial charge in [0.15, 0.2) is 0 Å². The van der Waals surface area contributed by atoms with Crippen molar-refractivity contribution in [2.75, 3.05) is 6.61 Å². The number of nitrogens with zero attached hydrogens (tertiary/aromatic N) is 1. The molecule has 1 atom stereocenters. The first-order valence-corrected chi connectivity index (χ1v) is 4.96. The highest BCUT2D eigenvalue weighted by Gasteiger charge is 2.11. The van der Waals surface area contributed by atoms with E-state index in [2.05, 4.69) is 37.5 Å². The van der Waals surface area contributed by atoms with Crippen LogP contribution in [0.15, 0.2) is 12.1 Å². The Morgan fingerprint density at radius 1 is 1.31 bits per heavy atom. The third-order valence-electron chi connectivity index (χ3n) is 2.62. The number of hydrogen-bond donors (Lipinski definition) is 1. The number of aryl methyl sites for hydroxylation is 2. The molecule has 13 heavy (non-hydrogen) atoms. The van der Waals surface area contributed by atoms with Gasteiger partial charge in [0.2, 0.25) is 0 Å². The second-order valence-electron chi connectivity index (χ2n) is 3.56. The van der Waals surface area contributed by atoms with Gasteiger partial charge in [-0.2, -0.15) is 0 Å². The van der Waals surface area contributed by atoms with Gasteiger partial charge in [-0.1, -0.05) is 6.92 Å². The zero-order valence-electron chi connectivity index (χ0n) is 8.75. The molecule has 1 heterocycles. The molecule has 0 bridgehead atoms. The summed E-state index contributed by atoms with van der Waals surface area (Å²) in [7, 11) is 0. The van der Waals surface area contributed by atoms with Crippen molar-refractivity contribution in [3.8, 4) is 0 Å². The van der Waals surface area contributed by atoms with Crippen LogP contribution < -0.4 is 0 Å². The van der Waals surface area contributed by atoms with Crippen molar-refractivity contribution in [3.05, 3.63) is 23.5 Å². The first-order chi connectivity index (χ1) is 6.20. The second-order valence-corrected chi connectivity index (χ2v) is 3.56. The van der Waals surface area contributed by atoms with Crippen molar-refractivity contribution in [1.82, 2.24) is 4.57 Å². The number of aromatic nitrogens is 1. The third-order valence-corrected chi connectivity index (χ3v) is 2.62. The summed E-state index contributed by atoms with van der Waals surface area (Å²) in [6.45, 7) is 6.68. The summed E-state index contributed by atoms with van der Waals surface area (Å²) in [5.74, 6) is 0. The maximum Gasteiger partial charge on any atom is 0.0450 e. The molecule has 0 spiro atoms. The van der Waals surface area contributed by atoms with Crippen LogP contribution in [0.2, 0.25) is 0 Å². The highest BCUT2D eigenvalue weighted by molar-refractivity contribution is 5.14. The Morgan fingerprint density at radius 2 is 1.85 bits per heavy atom. The normalized spacial score (nSPS) is 13.2. The molecule has 74 valence electrons. The fraction of sp³-hybridized carbons (Fsp3) is 0.636. The lowest BCUT2D eigenvalue weighted by Crippen LogP contribution is -2.12. The van der Waals surface area contributed by atoms with Crippen LogP contribution in [-0.4, -0.2) is 16.3 Å². The maximum absolute atomic E-state index is 8.94. The summed E-state index contributed by atoms with van der Waals surface area (Å²) in [5, 5.41) is 8.94. The summed E-state index contributed by atoms with van der Waals surface area (Å²) >= 11 is 0. The third kappa shape index (κ3) is 2.13. The lowest BCUT2D eigenvalue weighted by atomic mass is 10.1. The smallest absolute Gasteiger partial charge is 0.0450 e. The molecular weight excluding hydrogens is 162 g/mol. The van der Waals surface area contributed by atoms with Crippen LogP contribution in [0.3, 0.4) is 0 Å². The number of rotatable bonds is 4. The van der Waals surface area contributed by atoms with Crippen molar-refractivity contribution in [1.29, 1.82) is 0 Å². The van der Waals surface area contributed by atoms with E-state index in [0.29, 0.717) is 6.04 Å². The predicted octanol–water partition coefficient (Wildman–Crippen LogP) is 2.44. The molecule has 0 aliphatic rings. The van der Waals surface area contributed by atoms with Gasteiger partial charge >= 0.3 is 0 Å². The van der Waals surface area contributed by atoms with E-state index >= 15 is 0 Å². The first kappa shape index (κ1) is 10.3. The molecule has 0 aromatic carbocycles. The Hall–Kier alpha value is -0.760. The molecule has 1 rings (SSSR count). The molecule has 1 aromatic heterocycles. The van der Waals surface area contributed by atoms with E-state index < -0.39 is 0 Å². The zero-order valence-corrected chi connectivity index (χ0v) is 8.75. The minimum absolute atomic E-state index is 0.273. The number of aliphatic hydroxyl groups is 1. The summed E-state index contributed by atoms with van der Waals surface area (Å²) in [6, 6.07) is 4.73. The molecule has 0 saturated carbocycles. The Labute approximate surface area is 80.2 Å². The van der Waals surface area contributed by atoms with Crippen molar-refractivity contribution in [2.24, 2.45) is 0 Å². The van der Waals surface area contributed by atoms with E-state index in [-0.39, 0.29) is 6.61 Å². The van der Waals surface area contributed by atoms with Gasteiger partial charge in [-0.05, 0) is 38.8 Å². The van der Waals surface area contributed by atoms with Gasteiger partial charge in [-0.3, -0.25) is 0 Å². The van der Waals surface area contributed by atoms with Crippen LogP contribution in [0.1, 0.15) is 37.2 Å². The van der Waals surface area contributed by atoms with Crippen LogP contribution in [-0.2, 0) is 0 Å². The SMILES string of the molecule is CCC(CCO)n1c(C)ccc1C. The van der Waals surface area contributed by atoms with Gasteiger partial charge in [-0.25, -0.2) is 0 Å². The molecule has 1 unspecified atom stereocenters. The van der Waals surface area contributed by atoms with Gasteiger partial charge in [0.1, 0.15) is 0 Å². The van der Waals surface area contributed by atoms with Crippen LogP contribution in [0.25, 0.3) is 0 Å². The zero-order chi connectivity index (χ0) is 9.84. The minimum Gasteiger partial charge on any atom is -0.396 e. The number of hydrogen-bond acceptors (Lipinski definition) is 1. The highest BCUT2D eigenvalue weighted by Crippen LogP contribution is 2.21. The van der Waals surface area contributed by atoms with Gasteiger partial charge in [0.05, 0.1) is 0 Å². The van der Waals surface area contributed by atoms with Crippen molar-refractivity contribution in [2.45, 2.75) is 39.7 Å². The van der Waals surface area contributed by atoms with Gasteiger partial charge < -0.3 is 9.67 Å². The lowest BCUT2D eigenvalue weighted by Gasteiger charge is -2.20. The molecule has 0 radical (unpaired) electrons. The Bertz CT molecular complexity index is 246. The average molecular weight is 181 g/mol. The van der Waals surface area contributed by atoms with E-state index in [1.165, 1.54) is 11.4 Å². The van der Waals surface area contributed by atoms with Gasteiger partial charge in [0, 0.05) is 24.0 Å². The van der Waals surface area contributed by atoms with Gasteiger partial charge in [-0.15, -0.1) is 0 Å². The van der Waals surface area contributed by atoms with Crippen LogP contribution in [0.5, 0.6) is 0 Å². The molecule has 1 aromatic rings. The second kappa shape index (κ2) is 4.47. The van der Waals surface area contributed by atoms with E-state index in [1.54, 1.807) is 0 Å². The van der Waals surface area contributed by atoms with Crippen LogP contribution in [0.4, 0.5) is 0 Å². The van der Waals surface area contributed by atoms with E-state index in [0.717, 1.165) is 12.8 Å². The van der Waals surface area contributed by atoms with E-state index in [9.17, 15) is 0 Å². The molecule has 0 fully saturated rings. The maximum atomic E-state index is 8.94.